The minimum Gasteiger partial charge on any atom is -0.350 e. The van der Waals surface area contributed by atoms with Gasteiger partial charge in [0.05, 0.1) is 0 Å². The Kier molecular flexibility index (Phi) is 7.15. The first-order valence-electron chi connectivity index (χ1n) is 10.5. The van der Waals surface area contributed by atoms with E-state index in [1.54, 1.807) is 13.0 Å². The molecule has 1 aromatic heterocycles. The molecule has 0 aliphatic carbocycles. The molecular weight excluding hydrogens is 430 g/mol. The van der Waals surface area contributed by atoms with Gasteiger partial charge in [-0.1, -0.05) is 13.0 Å². The Labute approximate surface area is 190 Å². The van der Waals surface area contributed by atoms with Crippen molar-refractivity contribution in [3.8, 4) is 11.4 Å². The van der Waals surface area contributed by atoms with Crippen LogP contribution >= 0.6 is 0 Å². The maximum absolute atomic E-state index is 14.0. The van der Waals surface area contributed by atoms with Crippen LogP contribution in [0.4, 0.5) is 14.5 Å². The average Bonchev–Trinajstić information content (AvgIpc) is 3.19. The third-order valence-corrected chi connectivity index (χ3v) is 4.69. The molecule has 1 N–H and O–H groups in total. The van der Waals surface area contributed by atoms with Crippen molar-refractivity contribution in [3.63, 3.8) is 0 Å². The number of nitrogens with zero attached hydrogens (tertiary/aromatic N) is 5. The van der Waals surface area contributed by atoms with E-state index in [1.807, 2.05) is 20.8 Å². The summed E-state index contributed by atoms with van der Waals surface area (Å²) in [7, 11) is 0. The molecule has 0 aliphatic heterocycles. The van der Waals surface area contributed by atoms with Crippen molar-refractivity contribution < 1.29 is 18.4 Å². The zero-order valence-electron chi connectivity index (χ0n) is 18.9. The highest BCUT2D eigenvalue weighted by atomic mass is 19.1. The fourth-order valence-corrected chi connectivity index (χ4v) is 3.28. The number of halogens is 2. The second-order valence-electron chi connectivity index (χ2n) is 8.56. The number of benzene rings is 2. The Morgan fingerprint density at radius 2 is 1.79 bits per heavy atom. The molecule has 1 heterocycles. The first-order valence-corrected chi connectivity index (χ1v) is 10.5. The van der Waals surface area contributed by atoms with Crippen LogP contribution in [-0.2, 0) is 16.1 Å². The summed E-state index contributed by atoms with van der Waals surface area (Å²) >= 11 is 0. The third kappa shape index (κ3) is 6.18. The molecule has 0 saturated heterocycles. The average molecular weight is 456 g/mol. The van der Waals surface area contributed by atoms with Crippen LogP contribution in [0.25, 0.3) is 11.4 Å². The lowest BCUT2D eigenvalue weighted by Gasteiger charge is -2.32. The molecule has 1 unspecified atom stereocenters. The van der Waals surface area contributed by atoms with Crippen molar-refractivity contribution in [3.05, 3.63) is 60.2 Å². The van der Waals surface area contributed by atoms with Gasteiger partial charge in [-0.25, -0.2) is 8.78 Å². The van der Waals surface area contributed by atoms with Gasteiger partial charge in [-0.15, -0.1) is 10.2 Å². The Balaban J connectivity index is 1.89. The Hall–Kier alpha value is -3.69. The van der Waals surface area contributed by atoms with Crippen LogP contribution in [0.15, 0.2) is 48.5 Å². The summed E-state index contributed by atoms with van der Waals surface area (Å²) in [6.45, 7) is 6.95. The molecular formula is C23H26F2N6O2. The molecule has 0 saturated carbocycles. The third-order valence-electron chi connectivity index (χ3n) is 4.69. The molecule has 0 spiro atoms. The number of carbonyl (C=O) groups excluding carboxylic acids is 2. The molecule has 0 fully saturated rings. The largest absolute Gasteiger partial charge is 0.350 e. The summed E-state index contributed by atoms with van der Waals surface area (Å²) in [6.07, 6.45) is 0.301. The Bertz CT molecular complexity index is 1120. The minimum absolute atomic E-state index is 0.220. The lowest BCUT2D eigenvalue weighted by Crippen LogP contribution is -2.54. The molecule has 10 heteroatoms. The zero-order valence-corrected chi connectivity index (χ0v) is 18.9. The van der Waals surface area contributed by atoms with Crippen LogP contribution in [0.1, 0.15) is 34.1 Å². The molecule has 8 nitrogen and oxygen atoms in total. The molecule has 0 bridgehead atoms. The van der Waals surface area contributed by atoms with Crippen molar-refractivity contribution in [2.45, 2.75) is 52.2 Å². The van der Waals surface area contributed by atoms with E-state index < -0.39 is 29.1 Å². The van der Waals surface area contributed by atoms with E-state index in [-0.39, 0.29) is 24.0 Å². The molecule has 0 radical (unpaired) electrons. The summed E-state index contributed by atoms with van der Waals surface area (Å²) in [6, 6.07) is 10.2. The van der Waals surface area contributed by atoms with Crippen molar-refractivity contribution >= 4 is 17.5 Å². The van der Waals surface area contributed by atoms with Gasteiger partial charge in [-0.2, -0.15) is 4.80 Å². The topological polar surface area (TPSA) is 93.0 Å². The van der Waals surface area contributed by atoms with Gasteiger partial charge in [-0.05, 0) is 74.9 Å². The lowest BCUT2D eigenvalue weighted by atomic mass is 10.1. The van der Waals surface area contributed by atoms with Crippen molar-refractivity contribution in [2.75, 3.05) is 4.90 Å². The predicted molar refractivity (Wildman–Crippen MR) is 119 cm³/mol. The molecule has 33 heavy (non-hydrogen) atoms. The van der Waals surface area contributed by atoms with Crippen LogP contribution in [-0.4, -0.2) is 43.6 Å². The predicted octanol–water partition coefficient (Wildman–Crippen LogP) is 3.34. The molecule has 1 atom stereocenters. The molecule has 3 aromatic rings. The van der Waals surface area contributed by atoms with Gasteiger partial charge >= 0.3 is 0 Å². The monoisotopic (exact) mass is 456 g/mol. The first kappa shape index (κ1) is 24.0. The summed E-state index contributed by atoms with van der Waals surface area (Å²) < 4.78 is 27.1. The molecule has 0 aliphatic rings. The number of nitrogens with one attached hydrogen (secondary N) is 1. The van der Waals surface area contributed by atoms with Crippen LogP contribution < -0.4 is 10.2 Å². The molecule has 2 amide bonds. The second-order valence-corrected chi connectivity index (χ2v) is 8.56. The van der Waals surface area contributed by atoms with Gasteiger partial charge < -0.3 is 5.32 Å². The Morgan fingerprint density at radius 1 is 1.09 bits per heavy atom. The number of hydrogen-bond acceptors (Lipinski definition) is 5. The van der Waals surface area contributed by atoms with E-state index in [1.165, 1.54) is 47.4 Å². The van der Waals surface area contributed by atoms with Gasteiger partial charge in [0.1, 0.15) is 24.2 Å². The summed E-state index contributed by atoms with van der Waals surface area (Å²) in [4.78, 5) is 28.7. The van der Waals surface area contributed by atoms with Gasteiger partial charge in [0, 0.05) is 16.8 Å². The van der Waals surface area contributed by atoms with Crippen LogP contribution in [0, 0.1) is 11.6 Å². The number of tetrazole rings is 1. The molecule has 3 rings (SSSR count). The minimum atomic E-state index is -0.876. The van der Waals surface area contributed by atoms with E-state index in [4.69, 9.17) is 0 Å². The number of carbonyl (C=O) groups is 2. The first-order chi connectivity index (χ1) is 15.6. The van der Waals surface area contributed by atoms with Gasteiger partial charge in [0.25, 0.3) is 5.91 Å². The maximum atomic E-state index is 14.0. The number of amides is 2. The van der Waals surface area contributed by atoms with Crippen molar-refractivity contribution in [2.24, 2.45) is 0 Å². The van der Waals surface area contributed by atoms with E-state index in [9.17, 15) is 18.4 Å². The van der Waals surface area contributed by atoms with Gasteiger partial charge in [0.15, 0.2) is 0 Å². The number of hydrogen-bond donors (Lipinski definition) is 1. The normalized spacial score (nSPS) is 12.3. The van der Waals surface area contributed by atoms with E-state index in [0.29, 0.717) is 12.0 Å². The highest BCUT2D eigenvalue weighted by molar-refractivity contribution is 6.00. The Morgan fingerprint density at radius 3 is 2.39 bits per heavy atom. The van der Waals surface area contributed by atoms with Crippen LogP contribution in [0.3, 0.4) is 0 Å². The highest BCUT2D eigenvalue weighted by Gasteiger charge is 2.32. The SMILES string of the molecule is CCC(C(=O)NC(C)(C)C)N(C(=O)Cn1nnc(-c2ccc(F)cc2)n1)c1cccc(F)c1. The van der Waals surface area contributed by atoms with Crippen LogP contribution in [0.2, 0.25) is 0 Å². The fourth-order valence-electron chi connectivity index (χ4n) is 3.28. The summed E-state index contributed by atoms with van der Waals surface area (Å²) in [5, 5.41) is 14.9. The summed E-state index contributed by atoms with van der Waals surface area (Å²) in [5.41, 5.74) is 0.265. The van der Waals surface area contributed by atoms with Gasteiger partial charge in [0.2, 0.25) is 11.7 Å². The summed E-state index contributed by atoms with van der Waals surface area (Å²) in [5.74, 6) is -1.58. The number of anilines is 1. The smallest absolute Gasteiger partial charge is 0.251 e. The van der Waals surface area contributed by atoms with E-state index in [2.05, 4.69) is 20.7 Å². The van der Waals surface area contributed by atoms with Crippen molar-refractivity contribution in [1.82, 2.24) is 25.5 Å². The molecule has 2 aromatic carbocycles. The quantitative estimate of drug-likeness (QED) is 0.589. The van der Waals surface area contributed by atoms with Gasteiger partial charge in [-0.3, -0.25) is 14.5 Å². The number of aromatic nitrogens is 4. The molecule has 174 valence electrons. The second kappa shape index (κ2) is 9.85. The highest BCUT2D eigenvalue weighted by Crippen LogP contribution is 2.22. The van der Waals surface area contributed by atoms with E-state index in [0.717, 1.165) is 4.80 Å². The number of rotatable bonds is 7. The van der Waals surface area contributed by atoms with E-state index >= 15 is 0 Å². The zero-order chi connectivity index (χ0) is 24.2. The standard InChI is InChI=1S/C23H26F2N6O2/c1-5-19(22(33)26-23(2,3)4)31(18-8-6-7-17(25)13-18)20(32)14-30-28-21(27-29-30)15-9-11-16(24)12-10-15/h6-13,19H,5,14H2,1-4H3,(H,26,33). The van der Waals surface area contributed by atoms with Crippen molar-refractivity contribution in [1.29, 1.82) is 0 Å². The fraction of sp³-hybridized carbons (Fsp3) is 0.348. The van der Waals surface area contributed by atoms with Crippen LogP contribution in [0.5, 0.6) is 0 Å². The lowest BCUT2D eigenvalue weighted by molar-refractivity contribution is -0.128. The maximum Gasteiger partial charge on any atom is 0.251 e.